The number of H-pyrrole nitrogens is 1. The lowest BCUT2D eigenvalue weighted by atomic mass is 9.97. The van der Waals surface area contributed by atoms with Crippen LogP contribution in [0.3, 0.4) is 0 Å². The average Bonchev–Trinajstić information content (AvgIpc) is 3.10. The maximum atomic E-state index is 12.2. The van der Waals surface area contributed by atoms with E-state index in [0.29, 0.717) is 29.8 Å². The maximum absolute atomic E-state index is 12.2. The number of fused-ring (bicyclic) bond motifs is 1. The summed E-state index contributed by atoms with van der Waals surface area (Å²) in [4.78, 5) is 15.3. The molecule has 5 N–H and O–H groups in total. The summed E-state index contributed by atoms with van der Waals surface area (Å²) in [6, 6.07) is 7.35. The van der Waals surface area contributed by atoms with Crippen LogP contribution in [0.25, 0.3) is 10.9 Å². The fourth-order valence-corrected chi connectivity index (χ4v) is 3.22. The molecule has 1 fully saturated rings. The first-order valence-electron chi connectivity index (χ1n) is 7.44. The zero-order valence-corrected chi connectivity index (χ0v) is 11.9. The van der Waals surface area contributed by atoms with Crippen molar-refractivity contribution in [3.8, 4) is 0 Å². The molecule has 0 saturated heterocycles. The minimum Gasteiger partial charge on any atom is -0.399 e. The Bertz CT molecular complexity index is 650. The molecule has 0 radical (unpaired) electrons. The largest absolute Gasteiger partial charge is 0.399 e. The Morgan fingerprint density at radius 2 is 2.14 bits per heavy atom. The molecule has 5 heteroatoms. The third kappa shape index (κ3) is 2.88. The summed E-state index contributed by atoms with van der Waals surface area (Å²) < 4.78 is 0. The van der Waals surface area contributed by atoms with Gasteiger partial charge in [0.25, 0.3) is 5.91 Å². The topological polar surface area (TPSA) is 91.1 Å². The molecular weight excluding hydrogens is 266 g/mol. The number of nitrogens with one attached hydrogen (secondary N) is 2. The highest BCUT2D eigenvalue weighted by molar-refractivity contribution is 5.98. The Labute approximate surface area is 123 Å². The van der Waals surface area contributed by atoms with Gasteiger partial charge < -0.3 is 21.1 Å². The van der Waals surface area contributed by atoms with E-state index in [1.807, 2.05) is 24.3 Å². The smallest absolute Gasteiger partial charge is 0.267 e. The first-order chi connectivity index (χ1) is 10.2. The molecule has 21 heavy (non-hydrogen) atoms. The summed E-state index contributed by atoms with van der Waals surface area (Å²) in [6.45, 7) is 0.841. The van der Waals surface area contributed by atoms with Crippen molar-refractivity contribution in [2.24, 2.45) is 11.8 Å². The molecule has 1 aromatic carbocycles. The van der Waals surface area contributed by atoms with Crippen molar-refractivity contribution in [1.82, 2.24) is 10.3 Å². The van der Waals surface area contributed by atoms with E-state index in [9.17, 15) is 9.90 Å². The minimum atomic E-state index is -0.103. The van der Waals surface area contributed by atoms with E-state index in [1.165, 1.54) is 0 Å². The number of aliphatic hydroxyl groups excluding tert-OH is 1. The number of benzene rings is 1. The number of hydrogen-bond donors (Lipinski definition) is 4. The summed E-state index contributed by atoms with van der Waals surface area (Å²) in [5.41, 5.74) is 7.88. The molecule has 0 spiro atoms. The van der Waals surface area contributed by atoms with Gasteiger partial charge in [-0.3, -0.25) is 4.79 Å². The zero-order valence-electron chi connectivity index (χ0n) is 11.9. The quantitative estimate of drug-likeness (QED) is 0.647. The zero-order chi connectivity index (χ0) is 14.8. The molecule has 1 amide bonds. The second-order valence-electron chi connectivity index (χ2n) is 5.87. The van der Waals surface area contributed by atoms with Crippen LogP contribution in [0, 0.1) is 11.8 Å². The van der Waals surface area contributed by atoms with Crippen molar-refractivity contribution < 1.29 is 9.90 Å². The number of carbonyl (C=O) groups excluding carboxylic acids is 1. The van der Waals surface area contributed by atoms with Crippen molar-refractivity contribution in [3.63, 3.8) is 0 Å². The molecule has 1 saturated carbocycles. The van der Waals surface area contributed by atoms with Crippen LogP contribution < -0.4 is 11.1 Å². The Balaban J connectivity index is 1.66. The normalized spacial score (nSPS) is 21.8. The highest BCUT2D eigenvalue weighted by Gasteiger charge is 2.26. The van der Waals surface area contributed by atoms with E-state index < -0.39 is 0 Å². The second-order valence-corrected chi connectivity index (χ2v) is 5.87. The number of rotatable bonds is 4. The van der Waals surface area contributed by atoms with E-state index in [1.54, 1.807) is 0 Å². The predicted molar refractivity (Wildman–Crippen MR) is 83.0 cm³/mol. The van der Waals surface area contributed by atoms with Gasteiger partial charge in [-0.2, -0.15) is 0 Å². The Morgan fingerprint density at radius 1 is 1.33 bits per heavy atom. The van der Waals surface area contributed by atoms with E-state index in [-0.39, 0.29) is 12.5 Å². The van der Waals surface area contributed by atoms with Gasteiger partial charge in [0.1, 0.15) is 5.69 Å². The minimum absolute atomic E-state index is 0.103. The molecule has 1 aliphatic carbocycles. The van der Waals surface area contributed by atoms with Crippen LogP contribution in [0.1, 0.15) is 29.8 Å². The van der Waals surface area contributed by atoms with Gasteiger partial charge in [-0.05, 0) is 48.9 Å². The highest BCUT2D eigenvalue weighted by Crippen LogP contribution is 2.30. The Morgan fingerprint density at radius 3 is 2.95 bits per heavy atom. The van der Waals surface area contributed by atoms with Gasteiger partial charge in [-0.25, -0.2) is 0 Å². The maximum Gasteiger partial charge on any atom is 0.267 e. The SMILES string of the molecule is Nc1ccc2[nH]c(C(=O)NCC3CCCC3CO)cc2c1. The lowest BCUT2D eigenvalue weighted by Crippen LogP contribution is -2.31. The number of aromatic amines is 1. The van der Waals surface area contributed by atoms with Crippen LogP contribution in [0.5, 0.6) is 0 Å². The monoisotopic (exact) mass is 287 g/mol. The first-order valence-corrected chi connectivity index (χ1v) is 7.44. The molecule has 1 aromatic heterocycles. The van der Waals surface area contributed by atoms with Crippen molar-refractivity contribution in [2.75, 3.05) is 18.9 Å². The van der Waals surface area contributed by atoms with Crippen molar-refractivity contribution in [1.29, 1.82) is 0 Å². The molecule has 1 heterocycles. The molecule has 112 valence electrons. The molecule has 0 aliphatic heterocycles. The number of carbonyl (C=O) groups is 1. The van der Waals surface area contributed by atoms with Crippen LogP contribution in [0.2, 0.25) is 0 Å². The number of anilines is 1. The lowest BCUT2D eigenvalue weighted by molar-refractivity contribution is 0.0933. The van der Waals surface area contributed by atoms with Gasteiger partial charge in [-0.15, -0.1) is 0 Å². The van der Waals surface area contributed by atoms with Crippen LogP contribution in [0.15, 0.2) is 24.3 Å². The summed E-state index contributed by atoms with van der Waals surface area (Å²) in [5.74, 6) is 0.611. The summed E-state index contributed by atoms with van der Waals surface area (Å²) in [5, 5.41) is 13.2. The molecule has 1 aliphatic rings. The van der Waals surface area contributed by atoms with Crippen molar-refractivity contribution >= 4 is 22.5 Å². The van der Waals surface area contributed by atoms with Gasteiger partial charge in [0.2, 0.25) is 0 Å². The van der Waals surface area contributed by atoms with Gasteiger partial charge in [0, 0.05) is 29.7 Å². The number of aromatic nitrogens is 1. The number of amides is 1. The van der Waals surface area contributed by atoms with E-state index in [0.717, 1.165) is 30.2 Å². The van der Waals surface area contributed by atoms with Crippen LogP contribution in [-0.2, 0) is 0 Å². The Kier molecular flexibility index (Phi) is 3.84. The number of nitrogens with two attached hydrogens (primary N) is 1. The first kappa shape index (κ1) is 13.9. The van der Waals surface area contributed by atoms with E-state index in [2.05, 4.69) is 10.3 Å². The standard InChI is InChI=1S/C16H21N3O2/c17-13-4-5-14-12(6-13)7-15(19-14)16(21)18-8-10-2-1-3-11(10)9-20/h4-7,10-11,19-20H,1-3,8-9,17H2,(H,18,21). The predicted octanol–water partition coefficient (Wildman–Crippen LogP) is 1.89. The third-order valence-corrected chi connectivity index (χ3v) is 4.47. The molecular formula is C16H21N3O2. The van der Waals surface area contributed by atoms with Crippen LogP contribution in [-0.4, -0.2) is 29.1 Å². The van der Waals surface area contributed by atoms with Gasteiger partial charge in [0.15, 0.2) is 0 Å². The second kappa shape index (κ2) is 5.77. The fraction of sp³-hybridized carbons (Fsp3) is 0.438. The fourth-order valence-electron chi connectivity index (χ4n) is 3.22. The molecule has 2 unspecified atom stereocenters. The van der Waals surface area contributed by atoms with E-state index >= 15 is 0 Å². The summed E-state index contributed by atoms with van der Waals surface area (Å²) in [6.07, 6.45) is 3.27. The lowest BCUT2D eigenvalue weighted by Gasteiger charge is -2.17. The van der Waals surface area contributed by atoms with E-state index in [4.69, 9.17) is 5.73 Å². The molecule has 0 bridgehead atoms. The molecule has 2 atom stereocenters. The molecule has 5 nitrogen and oxygen atoms in total. The highest BCUT2D eigenvalue weighted by atomic mass is 16.3. The number of hydrogen-bond acceptors (Lipinski definition) is 3. The number of nitrogen functional groups attached to an aromatic ring is 1. The van der Waals surface area contributed by atoms with Crippen molar-refractivity contribution in [3.05, 3.63) is 30.0 Å². The summed E-state index contributed by atoms with van der Waals surface area (Å²) >= 11 is 0. The number of aliphatic hydroxyl groups is 1. The summed E-state index contributed by atoms with van der Waals surface area (Å²) in [7, 11) is 0. The van der Waals surface area contributed by atoms with Crippen molar-refractivity contribution in [2.45, 2.75) is 19.3 Å². The van der Waals surface area contributed by atoms with Crippen LogP contribution in [0.4, 0.5) is 5.69 Å². The third-order valence-electron chi connectivity index (χ3n) is 4.47. The van der Waals surface area contributed by atoms with Gasteiger partial charge >= 0.3 is 0 Å². The Hall–Kier alpha value is -2.01. The molecule has 3 rings (SSSR count). The van der Waals surface area contributed by atoms with Gasteiger partial charge in [0.05, 0.1) is 0 Å². The molecule has 2 aromatic rings. The van der Waals surface area contributed by atoms with Gasteiger partial charge in [-0.1, -0.05) is 6.42 Å². The average molecular weight is 287 g/mol. The van der Waals surface area contributed by atoms with Crippen LogP contribution >= 0.6 is 0 Å².